The van der Waals surface area contributed by atoms with E-state index in [1.54, 1.807) is 0 Å². The molecule has 152 valence electrons. The van der Waals surface area contributed by atoms with E-state index in [4.69, 9.17) is 4.74 Å². The lowest BCUT2D eigenvalue weighted by Crippen LogP contribution is -2.45. The maximum atomic E-state index is 5.64. The Bertz CT molecular complexity index is 260. The first-order chi connectivity index (χ1) is 11.9. The Morgan fingerprint density at radius 2 is 1.20 bits per heavy atom. The van der Waals surface area contributed by atoms with Crippen LogP contribution in [0.1, 0.15) is 110 Å². The zero-order valence-corrected chi connectivity index (χ0v) is 17.6. The molecule has 1 heterocycles. The first kappa shape index (κ1) is 24.9. The van der Waals surface area contributed by atoms with Crippen LogP contribution < -0.4 is 6.15 Å². The van der Waals surface area contributed by atoms with Crippen molar-refractivity contribution in [1.82, 2.24) is 11.1 Å². The number of hydrogen-bond donors (Lipinski definition) is 1. The van der Waals surface area contributed by atoms with Gasteiger partial charge in [-0.3, -0.25) is 4.90 Å². The minimum absolute atomic E-state index is 0. The van der Waals surface area contributed by atoms with Gasteiger partial charge < -0.3 is 10.9 Å². The predicted octanol–water partition coefficient (Wildman–Crippen LogP) is 6.74. The third kappa shape index (κ3) is 13.7. The van der Waals surface area contributed by atoms with Crippen LogP contribution in [0.3, 0.4) is 0 Å². The molecule has 1 saturated heterocycles. The fourth-order valence-corrected chi connectivity index (χ4v) is 3.95. The molecule has 1 aliphatic rings. The Morgan fingerprint density at radius 3 is 1.68 bits per heavy atom. The zero-order chi connectivity index (χ0) is 17.3. The third-order valence-electron chi connectivity index (χ3n) is 5.65. The Balaban J connectivity index is 0.00000576. The summed E-state index contributed by atoms with van der Waals surface area (Å²) in [5, 5.41) is 0. The lowest BCUT2D eigenvalue weighted by atomic mass is 10.0. The molecule has 0 amide bonds. The van der Waals surface area contributed by atoms with Crippen LogP contribution in [0, 0.1) is 0 Å². The number of rotatable bonds is 16. The summed E-state index contributed by atoms with van der Waals surface area (Å²) < 4.78 is 5.64. The SMILES string of the molecule is CCCCCCCCCCCCCCCCC1COCCN1CC.N. The highest BCUT2D eigenvalue weighted by Crippen LogP contribution is 2.16. The van der Waals surface area contributed by atoms with Gasteiger partial charge in [-0.15, -0.1) is 0 Å². The Hall–Kier alpha value is -0.120. The molecule has 0 aromatic rings. The molecule has 0 spiro atoms. The number of morpholine rings is 1. The van der Waals surface area contributed by atoms with E-state index >= 15 is 0 Å². The molecule has 1 atom stereocenters. The van der Waals surface area contributed by atoms with Crippen molar-refractivity contribution >= 4 is 0 Å². The molecule has 3 nitrogen and oxygen atoms in total. The molecule has 25 heavy (non-hydrogen) atoms. The fraction of sp³-hybridized carbons (Fsp3) is 1.00. The average Bonchev–Trinajstić information content (AvgIpc) is 2.62. The number of nitrogens with zero attached hydrogens (tertiary/aromatic N) is 1. The number of ether oxygens (including phenoxy) is 1. The van der Waals surface area contributed by atoms with Gasteiger partial charge in [0.15, 0.2) is 0 Å². The minimum Gasteiger partial charge on any atom is -0.378 e. The Labute approximate surface area is 158 Å². The molecular weight excluding hydrogens is 308 g/mol. The van der Waals surface area contributed by atoms with Crippen LogP contribution in [0.25, 0.3) is 0 Å². The maximum Gasteiger partial charge on any atom is 0.0622 e. The van der Waals surface area contributed by atoms with Gasteiger partial charge in [-0.05, 0) is 13.0 Å². The van der Waals surface area contributed by atoms with Crippen LogP contribution in [-0.4, -0.2) is 37.2 Å². The Kier molecular flexibility index (Phi) is 18.6. The van der Waals surface area contributed by atoms with Crippen molar-refractivity contribution in [2.75, 3.05) is 26.3 Å². The van der Waals surface area contributed by atoms with Crippen LogP contribution >= 0.6 is 0 Å². The largest absolute Gasteiger partial charge is 0.378 e. The molecule has 3 N–H and O–H groups in total. The highest BCUT2D eigenvalue weighted by molar-refractivity contribution is 4.74. The van der Waals surface area contributed by atoms with Crippen LogP contribution in [0.15, 0.2) is 0 Å². The second-order valence-electron chi connectivity index (χ2n) is 7.74. The van der Waals surface area contributed by atoms with Crippen molar-refractivity contribution < 1.29 is 4.74 Å². The summed E-state index contributed by atoms with van der Waals surface area (Å²) in [6.07, 6.45) is 21.6. The predicted molar refractivity (Wildman–Crippen MR) is 112 cm³/mol. The van der Waals surface area contributed by atoms with E-state index < -0.39 is 0 Å². The van der Waals surface area contributed by atoms with Gasteiger partial charge in [-0.25, -0.2) is 0 Å². The highest BCUT2D eigenvalue weighted by atomic mass is 16.5. The van der Waals surface area contributed by atoms with E-state index in [2.05, 4.69) is 18.7 Å². The molecule has 1 aliphatic heterocycles. The van der Waals surface area contributed by atoms with Crippen LogP contribution in [0.2, 0.25) is 0 Å². The molecule has 0 aromatic heterocycles. The zero-order valence-electron chi connectivity index (χ0n) is 17.6. The van der Waals surface area contributed by atoms with Gasteiger partial charge in [-0.2, -0.15) is 0 Å². The van der Waals surface area contributed by atoms with Crippen molar-refractivity contribution in [3.05, 3.63) is 0 Å². The Morgan fingerprint density at radius 1 is 0.720 bits per heavy atom. The molecule has 0 aliphatic carbocycles. The van der Waals surface area contributed by atoms with Gasteiger partial charge in [0.05, 0.1) is 13.2 Å². The van der Waals surface area contributed by atoms with Gasteiger partial charge in [0.25, 0.3) is 0 Å². The lowest BCUT2D eigenvalue weighted by molar-refractivity contribution is -0.00848. The summed E-state index contributed by atoms with van der Waals surface area (Å²) in [6, 6.07) is 0.695. The minimum atomic E-state index is 0. The number of unbranched alkanes of at least 4 members (excludes halogenated alkanes) is 13. The second kappa shape index (κ2) is 18.7. The van der Waals surface area contributed by atoms with Crippen molar-refractivity contribution in [2.24, 2.45) is 0 Å². The molecule has 0 aromatic carbocycles. The van der Waals surface area contributed by atoms with E-state index in [-0.39, 0.29) is 6.15 Å². The molecule has 0 saturated carbocycles. The monoisotopic (exact) mass is 356 g/mol. The van der Waals surface area contributed by atoms with E-state index in [1.807, 2.05) is 0 Å². The summed E-state index contributed by atoms with van der Waals surface area (Å²) in [5.41, 5.74) is 0. The third-order valence-corrected chi connectivity index (χ3v) is 5.65. The van der Waals surface area contributed by atoms with Gasteiger partial charge in [-0.1, -0.05) is 104 Å². The number of hydrogen-bond acceptors (Lipinski definition) is 3. The van der Waals surface area contributed by atoms with Crippen molar-refractivity contribution in [3.8, 4) is 0 Å². The van der Waals surface area contributed by atoms with Gasteiger partial charge in [0.1, 0.15) is 0 Å². The molecule has 1 rings (SSSR count). The molecule has 0 radical (unpaired) electrons. The summed E-state index contributed by atoms with van der Waals surface area (Å²) in [5.74, 6) is 0. The second-order valence-corrected chi connectivity index (χ2v) is 7.74. The standard InChI is InChI=1S/C22H45NO.H3N/c1-3-5-6-7-8-9-10-11-12-13-14-15-16-17-18-22-21-24-20-19-23(22)4-2;/h22H,3-21H2,1-2H3;1H3. The van der Waals surface area contributed by atoms with Gasteiger partial charge >= 0.3 is 0 Å². The summed E-state index contributed by atoms with van der Waals surface area (Å²) in [7, 11) is 0. The van der Waals surface area contributed by atoms with E-state index in [0.29, 0.717) is 6.04 Å². The molecule has 1 fully saturated rings. The van der Waals surface area contributed by atoms with Crippen LogP contribution in [0.4, 0.5) is 0 Å². The topological polar surface area (TPSA) is 47.5 Å². The maximum absolute atomic E-state index is 5.64. The van der Waals surface area contributed by atoms with Gasteiger partial charge in [0, 0.05) is 12.6 Å². The lowest BCUT2D eigenvalue weighted by Gasteiger charge is -2.34. The quantitative estimate of drug-likeness (QED) is 0.311. The first-order valence-corrected chi connectivity index (χ1v) is 11.2. The smallest absolute Gasteiger partial charge is 0.0622 e. The first-order valence-electron chi connectivity index (χ1n) is 11.2. The summed E-state index contributed by atoms with van der Waals surface area (Å²) >= 11 is 0. The average molecular weight is 357 g/mol. The summed E-state index contributed by atoms with van der Waals surface area (Å²) in [4.78, 5) is 2.60. The van der Waals surface area contributed by atoms with Crippen molar-refractivity contribution in [3.63, 3.8) is 0 Å². The van der Waals surface area contributed by atoms with Crippen molar-refractivity contribution in [1.29, 1.82) is 0 Å². The number of likely N-dealkylation sites (N-methyl/N-ethyl adjacent to an activating group) is 1. The molecular formula is C22H48N2O. The van der Waals surface area contributed by atoms with Crippen LogP contribution in [0.5, 0.6) is 0 Å². The normalized spacial score (nSPS) is 18.2. The summed E-state index contributed by atoms with van der Waals surface area (Å²) in [6.45, 7) is 8.80. The highest BCUT2D eigenvalue weighted by Gasteiger charge is 2.20. The van der Waals surface area contributed by atoms with Crippen LogP contribution in [-0.2, 0) is 4.74 Å². The van der Waals surface area contributed by atoms with E-state index in [0.717, 1.165) is 19.8 Å². The molecule has 1 unspecified atom stereocenters. The van der Waals surface area contributed by atoms with Crippen molar-refractivity contribution in [2.45, 2.75) is 116 Å². The molecule has 0 bridgehead atoms. The van der Waals surface area contributed by atoms with E-state index in [9.17, 15) is 0 Å². The fourth-order valence-electron chi connectivity index (χ4n) is 3.95. The molecule has 3 heteroatoms. The van der Waals surface area contributed by atoms with E-state index in [1.165, 1.54) is 103 Å². The van der Waals surface area contributed by atoms with Gasteiger partial charge in [0.2, 0.25) is 0 Å².